The van der Waals surface area contributed by atoms with Crippen LogP contribution in [0.25, 0.3) is 22.6 Å². The van der Waals surface area contributed by atoms with E-state index in [-0.39, 0.29) is 17.7 Å². The first-order chi connectivity index (χ1) is 11.9. The van der Waals surface area contributed by atoms with Gasteiger partial charge in [0.25, 0.3) is 0 Å². The van der Waals surface area contributed by atoms with Gasteiger partial charge < -0.3 is 9.73 Å². The van der Waals surface area contributed by atoms with Gasteiger partial charge in [-0.3, -0.25) is 4.79 Å². The second kappa shape index (κ2) is 6.40. The number of nitrogens with zero attached hydrogens (tertiary/aromatic N) is 2. The van der Waals surface area contributed by atoms with Gasteiger partial charge in [-0.1, -0.05) is 32.9 Å². The molecule has 3 rings (SSSR count). The maximum absolute atomic E-state index is 11.5. The first-order valence-electron chi connectivity index (χ1n) is 8.05. The van der Waals surface area contributed by atoms with Crippen LogP contribution in [0.5, 0.6) is 0 Å². The smallest absolute Gasteiger partial charge is 0.238 e. The van der Waals surface area contributed by atoms with Crippen molar-refractivity contribution < 1.29 is 9.21 Å². The molecule has 0 aliphatic rings. The molecule has 0 fully saturated rings. The Morgan fingerprint density at radius 3 is 2.56 bits per heavy atom. The SMILES string of the molecule is CC(C)(C)c1ccc(-c2nc3cc(NC(=O)CC#N)ccc3o2)cc1. The summed E-state index contributed by atoms with van der Waals surface area (Å²) in [6, 6.07) is 15.2. The predicted octanol–water partition coefficient (Wildman–Crippen LogP) is 4.64. The molecule has 0 bridgehead atoms. The van der Waals surface area contributed by atoms with Crippen LogP contribution in [0.3, 0.4) is 0 Å². The number of oxazole rings is 1. The number of hydrogen-bond donors (Lipinski definition) is 1. The number of anilines is 1. The van der Waals surface area contributed by atoms with Crippen molar-refractivity contribution in [3.05, 3.63) is 48.0 Å². The van der Waals surface area contributed by atoms with E-state index in [0.717, 1.165) is 5.56 Å². The van der Waals surface area contributed by atoms with Gasteiger partial charge in [0.15, 0.2) is 5.58 Å². The van der Waals surface area contributed by atoms with Gasteiger partial charge in [0, 0.05) is 11.3 Å². The number of rotatable bonds is 3. The lowest BCUT2D eigenvalue weighted by atomic mass is 9.87. The molecular formula is C20H19N3O2. The van der Waals surface area contributed by atoms with Gasteiger partial charge in [0.2, 0.25) is 11.8 Å². The zero-order valence-electron chi connectivity index (χ0n) is 14.5. The summed E-state index contributed by atoms with van der Waals surface area (Å²) in [4.78, 5) is 16.0. The van der Waals surface area contributed by atoms with E-state index in [2.05, 4.69) is 43.2 Å². The molecule has 5 heteroatoms. The Balaban J connectivity index is 1.88. The molecular weight excluding hydrogens is 314 g/mol. The molecule has 0 unspecified atom stereocenters. The van der Waals surface area contributed by atoms with Crippen molar-refractivity contribution in [3.8, 4) is 17.5 Å². The molecule has 0 aliphatic carbocycles. The van der Waals surface area contributed by atoms with Gasteiger partial charge in [0.05, 0.1) is 6.07 Å². The Hall–Kier alpha value is -3.13. The Labute approximate surface area is 146 Å². The van der Waals surface area contributed by atoms with Crippen LogP contribution in [0.4, 0.5) is 5.69 Å². The number of nitriles is 1. The van der Waals surface area contributed by atoms with E-state index in [9.17, 15) is 4.79 Å². The number of aromatic nitrogens is 1. The average Bonchev–Trinajstić information content (AvgIpc) is 2.97. The molecule has 1 heterocycles. The monoisotopic (exact) mass is 333 g/mol. The van der Waals surface area contributed by atoms with Crippen LogP contribution in [-0.4, -0.2) is 10.9 Å². The number of benzene rings is 2. The van der Waals surface area contributed by atoms with Gasteiger partial charge in [-0.05, 0) is 41.3 Å². The summed E-state index contributed by atoms with van der Waals surface area (Å²) in [5, 5.41) is 11.2. The average molecular weight is 333 g/mol. The van der Waals surface area contributed by atoms with Crippen LogP contribution in [0.15, 0.2) is 46.9 Å². The van der Waals surface area contributed by atoms with E-state index in [1.165, 1.54) is 5.56 Å². The van der Waals surface area contributed by atoms with Crippen molar-refractivity contribution in [2.24, 2.45) is 0 Å². The summed E-state index contributed by atoms with van der Waals surface area (Å²) in [5.41, 5.74) is 4.14. The third-order valence-corrected chi connectivity index (χ3v) is 3.91. The molecule has 0 saturated heterocycles. The zero-order valence-corrected chi connectivity index (χ0v) is 14.5. The molecule has 2 aromatic carbocycles. The van der Waals surface area contributed by atoms with E-state index < -0.39 is 0 Å². The van der Waals surface area contributed by atoms with Gasteiger partial charge >= 0.3 is 0 Å². The zero-order chi connectivity index (χ0) is 18.0. The highest BCUT2D eigenvalue weighted by atomic mass is 16.3. The highest BCUT2D eigenvalue weighted by Crippen LogP contribution is 2.29. The van der Waals surface area contributed by atoms with E-state index in [1.54, 1.807) is 18.2 Å². The van der Waals surface area contributed by atoms with Gasteiger partial charge in [-0.2, -0.15) is 5.26 Å². The minimum atomic E-state index is -0.344. The molecule has 3 aromatic rings. The number of amides is 1. The van der Waals surface area contributed by atoms with Crippen molar-refractivity contribution in [2.45, 2.75) is 32.6 Å². The fourth-order valence-corrected chi connectivity index (χ4v) is 2.52. The minimum Gasteiger partial charge on any atom is -0.436 e. The minimum absolute atomic E-state index is 0.0936. The van der Waals surface area contributed by atoms with Crippen molar-refractivity contribution in [1.82, 2.24) is 4.98 Å². The summed E-state index contributed by atoms with van der Waals surface area (Å²) < 4.78 is 5.81. The van der Waals surface area contributed by atoms with E-state index >= 15 is 0 Å². The van der Waals surface area contributed by atoms with Crippen molar-refractivity contribution in [1.29, 1.82) is 5.26 Å². The lowest BCUT2D eigenvalue weighted by Crippen LogP contribution is -2.10. The number of carbonyl (C=O) groups excluding carboxylic acids is 1. The molecule has 1 N–H and O–H groups in total. The van der Waals surface area contributed by atoms with E-state index in [4.69, 9.17) is 9.68 Å². The number of fused-ring (bicyclic) bond motifs is 1. The number of nitrogens with one attached hydrogen (secondary N) is 1. The maximum atomic E-state index is 11.5. The highest BCUT2D eigenvalue weighted by molar-refractivity contribution is 5.94. The number of carbonyl (C=O) groups is 1. The second-order valence-corrected chi connectivity index (χ2v) is 6.91. The van der Waals surface area contributed by atoms with Crippen LogP contribution >= 0.6 is 0 Å². The number of hydrogen-bond acceptors (Lipinski definition) is 4. The molecule has 0 spiro atoms. The summed E-state index contributed by atoms with van der Waals surface area (Å²) in [5.74, 6) is 0.194. The maximum Gasteiger partial charge on any atom is 0.238 e. The summed E-state index contributed by atoms with van der Waals surface area (Å²) in [6.45, 7) is 6.51. The van der Waals surface area contributed by atoms with Crippen LogP contribution < -0.4 is 5.32 Å². The molecule has 0 radical (unpaired) electrons. The fourth-order valence-electron chi connectivity index (χ4n) is 2.52. The summed E-state index contributed by atoms with van der Waals surface area (Å²) >= 11 is 0. The second-order valence-electron chi connectivity index (χ2n) is 6.91. The van der Waals surface area contributed by atoms with E-state index in [1.807, 2.05) is 18.2 Å². The van der Waals surface area contributed by atoms with Gasteiger partial charge in [0.1, 0.15) is 11.9 Å². The predicted molar refractivity (Wildman–Crippen MR) is 97.0 cm³/mol. The quantitative estimate of drug-likeness (QED) is 0.757. The third-order valence-electron chi connectivity index (χ3n) is 3.91. The van der Waals surface area contributed by atoms with Crippen LogP contribution in [0.2, 0.25) is 0 Å². The third kappa shape index (κ3) is 3.69. The molecule has 1 amide bonds. The molecule has 0 aliphatic heterocycles. The summed E-state index contributed by atoms with van der Waals surface area (Å²) in [6.07, 6.45) is -0.178. The van der Waals surface area contributed by atoms with Crippen LogP contribution in [-0.2, 0) is 10.2 Å². The molecule has 25 heavy (non-hydrogen) atoms. The Morgan fingerprint density at radius 1 is 1.20 bits per heavy atom. The van der Waals surface area contributed by atoms with Crippen molar-refractivity contribution in [2.75, 3.05) is 5.32 Å². The Kier molecular flexibility index (Phi) is 4.28. The van der Waals surface area contributed by atoms with E-state index in [0.29, 0.717) is 22.7 Å². The molecule has 0 atom stereocenters. The largest absolute Gasteiger partial charge is 0.436 e. The Morgan fingerprint density at radius 2 is 1.92 bits per heavy atom. The first-order valence-corrected chi connectivity index (χ1v) is 8.05. The molecule has 5 nitrogen and oxygen atoms in total. The lowest BCUT2D eigenvalue weighted by Gasteiger charge is -2.18. The summed E-state index contributed by atoms with van der Waals surface area (Å²) in [7, 11) is 0. The topological polar surface area (TPSA) is 78.9 Å². The van der Waals surface area contributed by atoms with Gasteiger partial charge in [-0.25, -0.2) is 4.98 Å². The van der Waals surface area contributed by atoms with Crippen LogP contribution in [0, 0.1) is 11.3 Å². The first kappa shape index (κ1) is 16.7. The van der Waals surface area contributed by atoms with Crippen LogP contribution in [0.1, 0.15) is 32.8 Å². The standard InChI is InChI=1S/C20H19N3O2/c1-20(2,3)14-6-4-13(5-7-14)19-23-16-12-15(8-9-17(16)25-19)22-18(24)10-11-21/h4-9,12H,10H2,1-3H3,(H,22,24). The van der Waals surface area contributed by atoms with Gasteiger partial charge in [-0.15, -0.1) is 0 Å². The van der Waals surface area contributed by atoms with Crippen molar-refractivity contribution >= 4 is 22.7 Å². The molecule has 0 saturated carbocycles. The normalized spacial score (nSPS) is 11.3. The molecule has 1 aromatic heterocycles. The van der Waals surface area contributed by atoms with Crippen molar-refractivity contribution in [3.63, 3.8) is 0 Å². The Bertz CT molecular complexity index is 957. The highest BCUT2D eigenvalue weighted by Gasteiger charge is 2.15. The fraction of sp³-hybridized carbons (Fsp3) is 0.250. The molecule has 126 valence electrons. The lowest BCUT2D eigenvalue weighted by molar-refractivity contribution is -0.115.